The van der Waals surface area contributed by atoms with E-state index in [4.69, 9.17) is 9.15 Å². The number of rotatable bonds is 1. The van der Waals surface area contributed by atoms with Crippen LogP contribution < -0.4 is 15.3 Å². The van der Waals surface area contributed by atoms with E-state index in [-0.39, 0.29) is 5.63 Å². The predicted molar refractivity (Wildman–Crippen MR) is 107 cm³/mol. The van der Waals surface area contributed by atoms with Crippen molar-refractivity contribution in [3.8, 4) is 5.75 Å². The lowest BCUT2D eigenvalue weighted by molar-refractivity contribution is 0.289. The Balaban J connectivity index is 1.65. The molecule has 0 N–H and O–H groups in total. The Labute approximate surface area is 158 Å². The number of hydrogen-bond donors (Lipinski definition) is 0. The molecule has 2 aliphatic rings. The number of ether oxygens (including phenoxy) is 1. The van der Waals surface area contributed by atoms with Crippen LogP contribution in [-0.2, 0) is 19.4 Å². The lowest BCUT2D eigenvalue weighted by Gasteiger charge is -2.31. The smallest absolute Gasteiger partial charge is 0.339 e. The topological polar surface area (TPSA) is 42.7 Å². The third-order valence-corrected chi connectivity index (χ3v) is 5.75. The second-order valence-corrected chi connectivity index (χ2v) is 7.79. The minimum absolute atomic E-state index is 0.172. The zero-order valence-corrected chi connectivity index (χ0v) is 15.8. The van der Waals surface area contributed by atoms with Gasteiger partial charge in [-0.15, -0.1) is 0 Å². The highest BCUT2D eigenvalue weighted by Crippen LogP contribution is 2.37. The largest absolute Gasteiger partial charge is 0.473 e. The summed E-state index contributed by atoms with van der Waals surface area (Å²) < 4.78 is 11.9. The van der Waals surface area contributed by atoms with Gasteiger partial charge >= 0.3 is 5.63 Å². The Kier molecular flexibility index (Phi) is 3.74. The van der Waals surface area contributed by atoms with E-state index in [0.717, 1.165) is 53.6 Å². The summed E-state index contributed by atoms with van der Waals surface area (Å²) in [4.78, 5) is 14.8. The molecule has 0 fully saturated rings. The molecule has 5 rings (SSSR count). The van der Waals surface area contributed by atoms with Crippen LogP contribution in [0.3, 0.4) is 0 Å². The van der Waals surface area contributed by atoms with Gasteiger partial charge in [-0.3, -0.25) is 0 Å². The van der Waals surface area contributed by atoms with E-state index in [2.05, 4.69) is 43.0 Å². The van der Waals surface area contributed by atoms with Gasteiger partial charge in [-0.05, 0) is 80.5 Å². The van der Waals surface area contributed by atoms with Crippen LogP contribution in [0.1, 0.15) is 40.7 Å². The molecule has 0 spiro atoms. The van der Waals surface area contributed by atoms with E-state index < -0.39 is 0 Å². The Bertz CT molecular complexity index is 1090. The summed E-state index contributed by atoms with van der Waals surface area (Å²) in [6, 6.07) is 10.6. The normalized spacial score (nSPS) is 16.0. The van der Waals surface area contributed by atoms with E-state index in [1.54, 1.807) is 0 Å². The van der Waals surface area contributed by atoms with Gasteiger partial charge in [-0.1, -0.05) is 6.07 Å². The Morgan fingerprint density at radius 1 is 0.926 bits per heavy atom. The van der Waals surface area contributed by atoms with Crippen molar-refractivity contribution in [2.45, 2.75) is 46.1 Å². The number of nitrogens with zero attached hydrogens (tertiary/aromatic N) is 1. The fourth-order valence-electron chi connectivity index (χ4n) is 4.51. The standard InChI is InChI=1S/C23H23NO3/c1-14-9-15(2)11-16(10-14)24-12-20-21(26-13-24)8-7-18-17-5-3-4-6-19(17)23(25)27-22(18)20/h7-11H,3-6,12-13H2,1-2H3. The Morgan fingerprint density at radius 3 is 2.44 bits per heavy atom. The van der Waals surface area contributed by atoms with Crippen molar-refractivity contribution in [3.05, 3.63) is 68.6 Å². The van der Waals surface area contributed by atoms with Gasteiger partial charge in [0, 0.05) is 16.6 Å². The Hall–Kier alpha value is -2.75. The maximum Gasteiger partial charge on any atom is 0.339 e. The molecule has 4 nitrogen and oxygen atoms in total. The van der Waals surface area contributed by atoms with Gasteiger partial charge in [0.1, 0.15) is 11.3 Å². The summed E-state index contributed by atoms with van der Waals surface area (Å²) in [5.41, 5.74) is 7.15. The molecular formula is C23H23NO3. The molecule has 4 heteroatoms. The molecule has 0 bridgehead atoms. The van der Waals surface area contributed by atoms with Crippen molar-refractivity contribution in [3.63, 3.8) is 0 Å². The highest BCUT2D eigenvalue weighted by atomic mass is 16.5. The lowest BCUT2D eigenvalue weighted by Crippen LogP contribution is -2.32. The molecule has 2 aromatic carbocycles. The molecule has 0 amide bonds. The van der Waals surface area contributed by atoms with Gasteiger partial charge in [0.2, 0.25) is 0 Å². The number of hydrogen-bond acceptors (Lipinski definition) is 4. The molecule has 0 unspecified atom stereocenters. The number of benzene rings is 2. The monoisotopic (exact) mass is 361 g/mol. The van der Waals surface area contributed by atoms with Crippen LogP contribution >= 0.6 is 0 Å². The van der Waals surface area contributed by atoms with Gasteiger partial charge in [0.15, 0.2) is 6.73 Å². The van der Waals surface area contributed by atoms with Gasteiger partial charge < -0.3 is 14.1 Å². The predicted octanol–water partition coefficient (Wildman–Crippen LogP) is 4.65. The van der Waals surface area contributed by atoms with Gasteiger partial charge in [-0.25, -0.2) is 4.79 Å². The SMILES string of the molecule is Cc1cc(C)cc(N2COc3ccc4c5c(c(=O)oc4c3C2)CCCC5)c1. The second-order valence-electron chi connectivity index (χ2n) is 7.79. The van der Waals surface area contributed by atoms with Crippen molar-refractivity contribution in [2.24, 2.45) is 0 Å². The van der Waals surface area contributed by atoms with Crippen LogP contribution in [0.15, 0.2) is 39.5 Å². The van der Waals surface area contributed by atoms with Crippen molar-refractivity contribution in [1.82, 2.24) is 0 Å². The van der Waals surface area contributed by atoms with Crippen LogP contribution in [0.4, 0.5) is 5.69 Å². The summed E-state index contributed by atoms with van der Waals surface area (Å²) in [6.45, 7) is 5.39. The summed E-state index contributed by atoms with van der Waals surface area (Å²) in [6.07, 6.45) is 3.99. The third-order valence-electron chi connectivity index (χ3n) is 5.75. The summed E-state index contributed by atoms with van der Waals surface area (Å²) >= 11 is 0. The first-order valence-electron chi connectivity index (χ1n) is 9.66. The number of anilines is 1. The minimum atomic E-state index is -0.172. The molecule has 1 aliphatic carbocycles. The van der Waals surface area contributed by atoms with Crippen molar-refractivity contribution in [1.29, 1.82) is 0 Å². The molecule has 1 aliphatic heterocycles. The maximum atomic E-state index is 12.6. The number of aryl methyl sites for hydroxylation is 3. The van der Waals surface area contributed by atoms with Crippen LogP contribution in [-0.4, -0.2) is 6.73 Å². The summed E-state index contributed by atoms with van der Waals surface area (Å²) in [7, 11) is 0. The molecule has 0 radical (unpaired) electrons. The first-order chi connectivity index (χ1) is 13.1. The van der Waals surface area contributed by atoms with E-state index in [1.165, 1.54) is 16.7 Å². The zero-order valence-electron chi connectivity index (χ0n) is 15.8. The quantitative estimate of drug-likeness (QED) is 0.592. The van der Waals surface area contributed by atoms with Crippen LogP contribution in [0.5, 0.6) is 5.75 Å². The van der Waals surface area contributed by atoms with E-state index >= 15 is 0 Å². The fourth-order valence-corrected chi connectivity index (χ4v) is 4.51. The molecule has 138 valence electrons. The van der Waals surface area contributed by atoms with E-state index in [9.17, 15) is 4.79 Å². The van der Waals surface area contributed by atoms with Gasteiger partial charge in [-0.2, -0.15) is 0 Å². The van der Waals surface area contributed by atoms with E-state index in [0.29, 0.717) is 18.9 Å². The summed E-state index contributed by atoms with van der Waals surface area (Å²) in [5.74, 6) is 0.821. The highest BCUT2D eigenvalue weighted by Gasteiger charge is 2.25. The molecular weight excluding hydrogens is 338 g/mol. The molecule has 0 atom stereocenters. The average molecular weight is 361 g/mol. The summed E-state index contributed by atoms with van der Waals surface area (Å²) in [5, 5.41) is 1.08. The fraction of sp³-hybridized carbons (Fsp3) is 0.348. The molecule has 0 saturated carbocycles. The molecule has 0 saturated heterocycles. The molecule has 27 heavy (non-hydrogen) atoms. The average Bonchev–Trinajstić information content (AvgIpc) is 2.67. The van der Waals surface area contributed by atoms with Gasteiger partial charge in [0.05, 0.1) is 12.1 Å². The van der Waals surface area contributed by atoms with Crippen molar-refractivity contribution >= 4 is 16.7 Å². The van der Waals surface area contributed by atoms with E-state index in [1.807, 2.05) is 6.07 Å². The van der Waals surface area contributed by atoms with Crippen LogP contribution in [0.25, 0.3) is 11.0 Å². The molecule has 1 aromatic heterocycles. The third kappa shape index (κ3) is 2.71. The maximum absolute atomic E-state index is 12.6. The van der Waals surface area contributed by atoms with Crippen molar-refractivity contribution in [2.75, 3.05) is 11.6 Å². The first kappa shape index (κ1) is 16.4. The molecule has 2 heterocycles. The first-order valence-corrected chi connectivity index (χ1v) is 9.66. The van der Waals surface area contributed by atoms with Crippen LogP contribution in [0, 0.1) is 13.8 Å². The van der Waals surface area contributed by atoms with Gasteiger partial charge in [0.25, 0.3) is 0 Å². The Morgan fingerprint density at radius 2 is 1.67 bits per heavy atom. The highest BCUT2D eigenvalue weighted by molar-refractivity contribution is 5.86. The number of fused-ring (bicyclic) bond motifs is 5. The lowest BCUT2D eigenvalue weighted by atomic mass is 9.90. The molecule has 3 aromatic rings. The van der Waals surface area contributed by atoms with Crippen molar-refractivity contribution < 1.29 is 9.15 Å². The zero-order chi connectivity index (χ0) is 18.5. The van der Waals surface area contributed by atoms with Crippen LogP contribution in [0.2, 0.25) is 0 Å². The minimum Gasteiger partial charge on any atom is -0.473 e. The second kappa shape index (κ2) is 6.15.